The molecule has 2 saturated heterocycles. The maximum atomic E-state index is 13.5. The molecule has 0 radical (unpaired) electrons. The summed E-state index contributed by atoms with van der Waals surface area (Å²) in [5, 5.41) is 0. The highest BCUT2D eigenvalue weighted by molar-refractivity contribution is 5.96. The molecule has 8 heteroatoms. The number of carbonyl (C=O) groups excluding carboxylic acids is 2. The van der Waals surface area contributed by atoms with Crippen LogP contribution in [0.25, 0.3) is 0 Å². The number of methoxy groups -OCH3 is 1. The van der Waals surface area contributed by atoms with Crippen molar-refractivity contribution in [3.63, 3.8) is 0 Å². The molecule has 2 amide bonds. The summed E-state index contributed by atoms with van der Waals surface area (Å²) >= 11 is 0. The van der Waals surface area contributed by atoms with E-state index >= 15 is 0 Å². The van der Waals surface area contributed by atoms with Crippen LogP contribution in [0.5, 0.6) is 5.75 Å². The van der Waals surface area contributed by atoms with Gasteiger partial charge in [0.15, 0.2) is 11.4 Å². The van der Waals surface area contributed by atoms with E-state index in [1.165, 1.54) is 6.07 Å². The first kappa shape index (κ1) is 22.1. The van der Waals surface area contributed by atoms with Gasteiger partial charge in [-0.15, -0.1) is 0 Å². The monoisotopic (exact) mass is 439 g/mol. The molecule has 3 heterocycles. The van der Waals surface area contributed by atoms with Gasteiger partial charge < -0.3 is 23.8 Å². The van der Waals surface area contributed by atoms with Gasteiger partial charge in [-0.25, -0.2) is 0 Å². The molecule has 2 fully saturated rings. The normalized spacial score (nSPS) is 20.4. The Bertz CT molecular complexity index is 1050. The Hall–Kier alpha value is -3.13. The largest absolute Gasteiger partial charge is 0.483 e. The molecule has 0 N–H and O–H groups in total. The van der Waals surface area contributed by atoms with E-state index in [1.54, 1.807) is 29.8 Å². The van der Waals surface area contributed by atoms with Gasteiger partial charge in [0.25, 0.3) is 5.91 Å². The number of benzene rings is 1. The van der Waals surface area contributed by atoms with Crippen LogP contribution in [-0.4, -0.2) is 66.1 Å². The highest BCUT2D eigenvalue weighted by Crippen LogP contribution is 2.41. The topological polar surface area (TPSA) is 81.1 Å². The molecule has 1 unspecified atom stereocenters. The maximum absolute atomic E-state index is 13.5. The summed E-state index contributed by atoms with van der Waals surface area (Å²) < 4.78 is 12.6. The molecule has 1 aromatic carbocycles. The standard InChI is InChI=1S/C24H29N3O5/c1-25-11-8-19(28)21(32-16-18-6-4-3-5-7-18)20(25)22(29)27-13-10-24(17-27)9-12-26(23(24)30)14-15-31-2/h3-8,11H,9-10,12-17H2,1-2H3. The van der Waals surface area contributed by atoms with E-state index < -0.39 is 5.41 Å². The lowest BCUT2D eigenvalue weighted by Crippen LogP contribution is -2.40. The van der Waals surface area contributed by atoms with Crippen LogP contribution in [0.1, 0.15) is 28.9 Å². The van der Waals surface area contributed by atoms with Crippen molar-refractivity contribution in [2.75, 3.05) is 39.9 Å². The number of carbonyl (C=O) groups is 2. The number of nitrogens with zero attached hydrogens (tertiary/aromatic N) is 3. The average Bonchev–Trinajstić information content (AvgIpc) is 3.37. The van der Waals surface area contributed by atoms with Gasteiger partial charge in [-0.3, -0.25) is 14.4 Å². The van der Waals surface area contributed by atoms with Crippen LogP contribution in [0, 0.1) is 5.41 Å². The van der Waals surface area contributed by atoms with Crippen LogP contribution in [0.2, 0.25) is 0 Å². The van der Waals surface area contributed by atoms with E-state index in [0.717, 1.165) is 12.0 Å². The molecule has 1 aromatic heterocycles. The maximum Gasteiger partial charge on any atom is 0.274 e. The molecule has 2 aromatic rings. The number of likely N-dealkylation sites (tertiary alicyclic amines) is 2. The second-order valence-corrected chi connectivity index (χ2v) is 8.53. The van der Waals surface area contributed by atoms with Gasteiger partial charge in [0.05, 0.1) is 12.0 Å². The van der Waals surface area contributed by atoms with Crippen molar-refractivity contribution in [2.24, 2.45) is 12.5 Å². The van der Waals surface area contributed by atoms with Crippen molar-refractivity contribution < 1.29 is 19.1 Å². The Morgan fingerprint density at radius 3 is 2.59 bits per heavy atom. The molecular weight excluding hydrogens is 410 g/mol. The van der Waals surface area contributed by atoms with Crippen LogP contribution in [0.15, 0.2) is 47.4 Å². The van der Waals surface area contributed by atoms with Crippen molar-refractivity contribution in [2.45, 2.75) is 19.4 Å². The Morgan fingerprint density at radius 1 is 1.09 bits per heavy atom. The molecule has 2 aliphatic heterocycles. The minimum Gasteiger partial charge on any atom is -0.483 e. The summed E-state index contributed by atoms with van der Waals surface area (Å²) in [7, 11) is 3.34. The number of aromatic nitrogens is 1. The molecular formula is C24H29N3O5. The number of aryl methyl sites for hydroxylation is 1. The Balaban J connectivity index is 1.53. The summed E-state index contributed by atoms with van der Waals surface area (Å²) in [6, 6.07) is 10.9. The molecule has 8 nitrogen and oxygen atoms in total. The third-order valence-corrected chi connectivity index (χ3v) is 6.48. The predicted octanol–water partition coefficient (Wildman–Crippen LogP) is 1.68. The fraction of sp³-hybridized carbons (Fsp3) is 0.458. The molecule has 170 valence electrons. The Kier molecular flexibility index (Phi) is 6.32. The molecule has 2 aliphatic rings. The molecule has 0 bridgehead atoms. The predicted molar refractivity (Wildman–Crippen MR) is 118 cm³/mol. The van der Waals surface area contributed by atoms with Gasteiger partial charge in [0.2, 0.25) is 11.3 Å². The van der Waals surface area contributed by atoms with E-state index in [9.17, 15) is 14.4 Å². The SMILES string of the molecule is COCCN1CCC2(CCN(C(=O)c3c(OCc4ccccc4)c(=O)ccn3C)C2)C1=O. The summed E-state index contributed by atoms with van der Waals surface area (Å²) in [4.78, 5) is 42.6. The summed E-state index contributed by atoms with van der Waals surface area (Å²) in [6.45, 7) is 2.77. The van der Waals surface area contributed by atoms with Crippen molar-refractivity contribution in [3.8, 4) is 5.75 Å². The van der Waals surface area contributed by atoms with Crippen molar-refractivity contribution in [1.82, 2.24) is 14.4 Å². The lowest BCUT2D eigenvalue weighted by atomic mass is 9.85. The van der Waals surface area contributed by atoms with Crippen molar-refractivity contribution >= 4 is 11.8 Å². The van der Waals surface area contributed by atoms with Gasteiger partial charge in [0.1, 0.15) is 6.61 Å². The fourth-order valence-electron chi connectivity index (χ4n) is 4.61. The van der Waals surface area contributed by atoms with E-state index in [0.29, 0.717) is 39.2 Å². The number of rotatable bonds is 7. The molecule has 32 heavy (non-hydrogen) atoms. The van der Waals surface area contributed by atoms with E-state index in [-0.39, 0.29) is 35.3 Å². The van der Waals surface area contributed by atoms with E-state index in [2.05, 4.69) is 0 Å². The van der Waals surface area contributed by atoms with Gasteiger partial charge in [-0.1, -0.05) is 30.3 Å². The third kappa shape index (κ3) is 4.14. The zero-order valence-electron chi connectivity index (χ0n) is 18.6. The van der Waals surface area contributed by atoms with Crippen molar-refractivity contribution in [3.05, 3.63) is 64.1 Å². The summed E-state index contributed by atoms with van der Waals surface area (Å²) in [5.41, 5.74) is 0.248. The second-order valence-electron chi connectivity index (χ2n) is 8.53. The minimum atomic E-state index is -0.540. The van der Waals surface area contributed by atoms with E-state index in [4.69, 9.17) is 9.47 Å². The van der Waals surface area contributed by atoms with Crippen LogP contribution in [0.4, 0.5) is 0 Å². The van der Waals surface area contributed by atoms with Gasteiger partial charge in [0, 0.05) is 52.6 Å². The number of amides is 2. The number of hydrogen-bond donors (Lipinski definition) is 0. The molecule has 0 saturated carbocycles. The highest BCUT2D eigenvalue weighted by atomic mass is 16.5. The number of pyridine rings is 1. The smallest absolute Gasteiger partial charge is 0.274 e. The minimum absolute atomic E-state index is 0.0456. The summed E-state index contributed by atoms with van der Waals surface area (Å²) in [5.74, 6) is -0.148. The van der Waals surface area contributed by atoms with Crippen LogP contribution >= 0.6 is 0 Å². The van der Waals surface area contributed by atoms with Gasteiger partial charge in [-0.05, 0) is 18.4 Å². The zero-order valence-corrected chi connectivity index (χ0v) is 18.6. The number of ether oxygens (including phenoxy) is 2. The zero-order chi connectivity index (χ0) is 22.7. The number of hydrogen-bond acceptors (Lipinski definition) is 5. The summed E-state index contributed by atoms with van der Waals surface area (Å²) in [6.07, 6.45) is 2.93. The van der Waals surface area contributed by atoms with Gasteiger partial charge >= 0.3 is 0 Å². The Morgan fingerprint density at radius 2 is 1.84 bits per heavy atom. The second kappa shape index (κ2) is 9.16. The van der Waals surface area contributed by atoms with Crippen LogP contribution < -0.4 is 10.2 Å². The molecule has 1 spiro atoms. The molecule has 0 aliphatic carbocycles. The average molecular weight is 440 g/mol. The van der Waals surface area contributed by atoms with E-state index in [1.807, 2.05) is 35.2 Å². The lowest BCUT2D eigenvalue weighted by Gasteiger charge is -2.24. The highest BCUT2D eigenvalue weighted by Gasteiger charge is 2.51. The van der Waals surface area contributed by atoms with Crippen LogP contribution in [-0.2, 0) is 23.2 Å². The third-order valence-electron chi connectivity index (χ3n) is 6.48. The fourth-order valence-corrected chi connectivity index (χ4v) is 4.61. The van der Waals surface area contributed by atoms with Crippen molar-refractivity contribution in [1.29, 1.82) is 0 Å². The first-order valence-electron chi connectivity index (χ1n) is 10.9. The molecule has 1 atom stereocenters. The lowest BCUT2D eigenvalue weighted by molar-refractivity contribution is -0.135. The molecule has 4 rings (SSSR count). The Labute approximate surface area is 187 Å². The van der Waals surface area contributed by atoms with Crippen LogP contribution in [0.3, 0.4) is 0 Å². The quantitative estimate of drug-likeness (QED) is 0.656. The first-order chi connectivity index (χ1) is 15.4. The van der Waals surface area contributed by atoms with Gasteiger partial charge in [-0.2, -0.15) is 0 Å². The first-order valence-corrected chi connectivity index (χ1v) is 10.9.